The summed E-state index contributed by atoms with van der Waals surface area (Å²) < 4.78 is 1.93. The van der Waals surface area contributed by atoms with E-state index in [4.69, 9.17) is 16.6 Å². The third kappa shape index (κ3) is 5.26. The first kappa shape index (κ1) is 24.9. The van der Waals surface area contributed by atoms with Crippen LogP contribution in [0.3, 0.4) is 0 Å². The number of piperazine rings is 1. The molecule has 0 bridgehead atoms. The lowest BCUT2D eigenvalue weighted by Crippen LogP contribution is -2.44. The minimum atomic E-state index is 0.0422. The van der Waals surface area contributed by atoms with E-state index >= 15 is 0 Å². The molecule has 1 aliphatic carbocycles. The molecule has 38 heavy (non-hydrogen) atoms. The van der Waals surface area contributed by atoms with Gasteiger partial charge < -0.3 is 15.1 Å². The van der Waals surface area contributed by atoms with Gasteiger partial charge in [0.05, 0.1) is 0 Å². The molecule has 0 radical (unpaired) electrons. The first-order valence-electron chi connectivity index (χ1n) is 13.5. The molecule has 2 aromatic carbocycles. The van der Waals surface area contributed by atoms with Gasteiger partial charge in [0.2, 0.25) is 5.95 Å². The van der Waals surface area contributed by atoms with Crippen LogP contribution in [0.1, 0.15) is 42.9 Å². The normalized spacial score (nSPS) is 16.8. The van der Waals surface area contributed by atoms with E-state index < -0.39 is 0 Å². The second-order valence-corrected chi connectivity index (χ2v) is 11.0. The van der Waals surface area contributed by atoms with Crippen LogP contribution in [0.25, 0.3) is 11.0 Å². The van der Waals surface area contributed by atoms with E-state index in [9.17, 15) is 4.79 Å². The Morgan fingerprint density at radius 2 is 1.68 bits per heavy atom. The van der Waals surface area contributed by atoms with Gasteiger partial charge in [0.1, 0.15) is 5.65 Å². The van der Waals surface area contributed by atoms with Gasteiger partial charge in [-0.1, -0.05) is 36.6 Å². The molecule has 1 saturated heterocycles. The highest BCUT2D eigenvalue weighted by Crippen LogP contribution is 2.31. The number of aromatic nitrogens is 3. The van der Waals surface area contributed by atoms with Crippen molar-refractivity contribution in [3.05, 3.63) is 87.3 Å². The highest BCUT2D eigenvalue weighted by atomic mass is 35.5. The molecule has 0 unspecified atom stereocenters. The number of nitrogens with zero attached hydrogens (tertiary/aromatic N) is 5. The molecule has 196 valence electrons. The van der Waals surface area contributed by atoms with E-state index in [0.29, 0.717) is 23.0 Å². The van der Waals surface area contributed by atoms with Crippen molar-refractivity contribution >= 4 is 40.0 Å². The molecule has 2 aliphatic rings. The van der Waals surface area contributed by atoms with Crippen LogP contribution in [0.15, 0.2) is 65.6 Å². The number of halogens is 1. The van der Waals surface area contributed by atoms with E-state index in [2.05, 4.69) is 51.4 Å². The Morgan fingerprint density at radius 3 is 2.39 bits per heavy atom. The van der Waals surface area contributed by atoms with Crippen molar-refractivity contribution in [2.24, 2.45) is 0 Å². The Kier molecular flexibility index (Phi) is 7.04. The van der Waals surface area contributed by atoms with Crippen molar-refractivity contribution in [2.75, 3.05) is 43.4 Å². The lowest BCUT2D eigenvalue weighted by Gasteiger charge is -2.34. The molecule has 2 aromatic heterocycles. The number of pyridine rings is 1. The SMILES string of the molecule is CN1CCN(c2ccc(Nc3ncc4cc(Cc5ccc(Cl)cc5)c(=O)n(C5CCCC5)c4n3)cc2)CC1. The maximum absolute atomic E-state index is 13.8. The fourth-order valence-electron chi connectivity index (χ4n) is 5.64. The minimum absolute atomic E-state index is 0.0422. The molecule has 1 aliphatic heterocycles. The third-order valence-electron chi connectivity index (χ3n) is 7.84. The average molecular weight is 529 g/mol. The molecular weight excluding hydrogens is 496 g/mol. The number of likely N-dealkylation sites (N-methyl/N-ethyl adjacent to an activating group) is 1. The van der Waals surface area contributed by atoms with E-state index in [1.165, 1.54) is 5.69 Å². The summed E-state index contributed by atoms with van der Waals surface area (Å²) in [6.45, 7) is 4.23. The first-order valence-corrected chi connectivity index (χ1v) is 13.9. The summed E-state index contributed by atoms with van der Waals surface area (Å²) in [5, 5.41) is 4.93. The van der Waals surface area contributed by atoms with E-state index in [1.54, 1.807) is 0 Å². The molecule has 0 spiro atoms. The van der Waals surface area contributed by atoms with Crippen LogP contribution in [-0.4, -0.2) is 52.7 Å². The van der Waals surface area contributed by atoms with Crippen LogP contribution in [0.5, 0.6) is 0 Å². The monoisotopic (exact) mass is 528 g/mol. The number of anilines is 3. The fourth-order valence-corrected chi connectivity index (χ4v) is 5.76. The molecule has 0 atom stereocenters. The largest absolute Gasteiger partial charge is 0.369 e. The van der Waals surface area contributed by atoms with Gasteiger partial charge in [-0.2, -0.15) is 4.98 Å². The van der Waals surface area contributed by atoms with Crippen molar-refractivity contribution in [1.82, 2.24) is 19.4 Å². The van der Waals surface area contributed by atoms with E-state index in [1.807, 2.05) is 41.1 Å². The molecule has 0 amide bonds. The number of rotatable bonds is 6. The molecule has 7 nitrogen and oxygen atoms in total. The smallest absolute Gasteiger partial charge is 0.256 e. The van der Waals surface area contributed by atoms with Gasteiger partial charge in [0.25, 0.3) is 5.56 Å². The standard InChI is InChI=1S/C30H33ClN6O/c1-35-14-16-36(17-15-35)26-12-10-25(11-13-26)33-30-32-20-23-19-22(18-21-6-8-24(31)9-7-21)29(38)37(28(23)34-30)27-4-2-3-5-27/h6-13,19-20,27H,2-5,14-18H2,1H3,(H,32,33,34). The van der Waals surface area contributed by atoms with Gasteiger partial charge in [-0.15, -0.1) is 0 Å². The van der Waals surface area contributed by atoms with Gasteiger partial charge in [-0.25, -0.2) is 4.98 Å². The Balaban J connectivity index is 1.29. The van der Waals surface area contributed by atoms with Crippen molar-refractivity contribution in [2.45, 2.75) is 38.1 Å². The summed E-state index contributed by atoms with van der Waals surface area (Å²) in [6.07, 6.45) is 6.66. The number of nitrogens with one attached hydrogen (secondary N) is 1. The molecule has 3 heterocycles. The van der Waals surface area contributed by atoms with Gasteiger partial charge in [-0.3, -0.25) is 9.36 Å². The number of fused-ring (bicyclic) bond motifs is 1. The quantitative estimate of drug-likeness (QED) is 0.349. The summed E-state index contributed by atoms with van der Waals surface area (Å²) in [5.74, 6) is 0.501. The zero-order valence-corrected chi connectivity index (χ0v) is 22.5. The molecule has 6 rings (SSSR count). The molecule has 8 heteroatoms. The Bertz CT molecular complexity index is 1470. The lowest BCUT2D eigenvalue weighted by molar-refractivity contribution is 0.313. The highest BCUT2D eigenvalue weighted by molar-refractivity contribution is 6.30. The Hall–Kier alpha value is -3.42. The van der Waals surface area contributed by atoms with Crippen LogP contribution in [0.4, 0.5) is 17.3 Å². The third-order valence-corrected chi connectivity index (χ3v) is 8.09. The number of benzene rings is 2. The zero-order chi connectivity index (χ0) is 26.1. The summed E-state index contributed by atoms with van der Waals surface area (Å²) >= 11 is 6.06. The van der Waals surface area contributed by atoms with Crippen LogP contribution in [0, 0.1) is 0 Å². The molecule has 2 fully saturated rings. The van der Waals surface area contributed by atoms with E-state index in [-0.39, 0.29) is 11.6 Å². The van der Waals surface area contributed by atoms with Crippen LogP contribution in [0.2, 0.25) is 5.02 Å². The van der Waals surface area contributed by atoms with Gasteiger partial charge in [0.15, 0.2) is 0 Å². The maximum atomic E-state index is 13.8. The summed E-state index contributed by atoms with van der Waals surface area (Å²) in [4.78, 5) is 28.0. The summed E-state index contributed by atoms with van der Waals surface area (Å²) in [7, 11) is 2.17. The summed E-state index contributed by atoms with van der Waals surface area (Å²) in [6, 6.07) is 18.2. The molecule has 1 N–H and O–H groups in total. The summed E-state index contributed by atoms with van der Waals surface area (Å²) in [5.41, 5.74) is 4.72. The fraction of sp³-hybridized carbons (Fsp3) is 0.367. The van der Waals surface area contributed by atoms with Crippen molar-refractivity contribution < 1.29 is 0 Å². The predicted molar refractivity (Wildman–Crippen MR) is 155 cm³/mol. The number of hydrogen-bond acceptors (Lipinski definition) is 6. The molecular formula is C30H33ClN6O. The Morgan fingerprint density at radius 1 is 0.974 bits per heavy atom. The minimum Gasteiger partial charge on any atom is -0.369 e. The first-order chi connectivity index (χ1) is 18.5. The maximum Gasteiger partial charge on any atom is 0.256 e. The predicted octanol–water partition coefficient (Wildman–Crippen LogP) is 5.65. The van der Waals surface area contributed by atoms with Crippen LogP contribution >= 0.6 is 11.6 Å². The van der Waals surface area contributed by atoms with Crippen LogP contribution < -0.4 is 15.8 Å². The lowest BCUT2D eigenvalue weighted by atomic mass is 10.0. The van der Waals surface area contributed by atoms with Crippen molar-refractivity contribution in [3.63, 3.8) is 0 Å². The van der Waals surface area contributed by atoms with Gasteiger partial charge in [0, 0.05) is 72.2 Å². The Labute approximate surface area is 228 Å². The average Bonchev–Trinajstić information content (AvgIpc) is 3.46. The van der Waals surface area contributed by atoms with Crippen LogP contribution in [-0.2, 0) is 6.42 Å². The second-order valence-electron chi connectivity index (χ2n) is 10.5. The van der Waals surface area contributed by atoms with Gasteiger partial charge >= 0.3 is 0 Å². The number of hydrogen-bond donors (Lipinski definition) is 1. The van der Waals surface area contributed by atoms with Crippen molar-refractivity contribution in [3.8, 4) is 0 Å². The highest BCUT2D eigenvalue weighted by Gasteiger charge is 2.23. The van der Waals surface area contributed by atoms with Crippen molar-refractivity contribution in [1.29, 1.82) is 0 Å². The molecule has 4 aromatic rings. The zero-order valence-electron chi connectivity index (χ0n) is 21.7. The second kappa shape index (κ2) is 10.8. The van der Waals surface area contributed by atoms with Gasteiger partial charge in [-0.05, 0) is 67.9 Å². The molecule has 1 saturated carbocycles. The van der Waals surface area contributed by atoms with E-state index in [0.717, 1.165) is 74.1 Å². The topological polar surface area (TPSA) is 66.3 Å².